The van der Waals surface area contributed by atoms with Gasteiger partial charge in [-0.25, -0.2) is 9.97 Å². The Morgan fingerprint density at radius 2 is 2.07 bits per heavy atom. The number of anilines is 2. The van der Waals surface area contributed by atoms with Gasteiger partial charge in [-0.3, -0.25) is 4.79 Å². The number of nitrogens with one attached hydrogen (secondary N) is 3. The van der Waals surface area contributed by atoms with Gasteiger partial charge in [-0.15, -0.1) is 0 Å². The molecule has 0 radical (unpaired) electrons. The first-order chi connectivity index (χ1) is 14.2. The van der Waals surface area contributed by atoms with Crippen LogP contribution < -0.4 is 10.6 Å². The van der Waals surface area contributed by atoms with Gasteiger partial charge in [0.15, 0.2) is 0 Å². The summed E-state index contributed by atoms with van der Waals surface area (Å²) in [6, 6.07) is 13.7. The highest BCUT2D eigenvalue weighted by Crippen LogP contribution is 2.34. The summed E-state index contributed by atoms with van der Waals surface area (Å²) >= 11 is 6.10. The zero-order chi connectivity index (χ0) is 19.8. The van der Waals surface area contributed by atoms with E-state index in [9.17, 15) is 4.79 Å². The van der Waals surface area contributed by atoms with Crippen LogP contribution in [0.5, 0.6) is 0 Å². The number of fused-ring (bicyclic) bond motifs is 4. The summed E-state index contributed by atoms with van der Waals surface area (Å²) < 4.78 is 0. The van der Waals surface area contributed by atoms with Gasteiger partial charge in [-0.2, -0.15) is 0 Å². The molecular weight excluding hydrogens is 386 g/mol. The van der Waals surface area contributed by atoms with E-state index < -0.39 is 0 Å². The molecule has 0 bridgehead atoms. The molecule has 3 N–H and O–H groups in total. The standard InChI is InChI=1S/C22H18ClN5O/c23-15-5-6-17-19(10-15)27-20(29)9-14-12-26-22(28-21(14)17)24-8-7-13-11-25-18-4-2-1-3-16(13)18/h1-6,10-12,25H,7-9H2,(H,27,29)(H,24,26,28). The summed E-state index contributed by atoms with van der Waals surface area (Å²) in [6.07, 6.45) is 4.84. The van der Waals surface area contributed by atoms with E-state index in [2.05, 4.69) is 32.7 Å². The van der Waals surface area contributed by atoms with Gasteiger partial charge in [0.2, 0.25) is 11.9 Å². The molecule has 0 fully saturated rings. The molecule has 0 saturated heterocycles. The molecule has 2 aromatic carbocycles. The highest BCUT2D eigenvalue weighted by Gasteiger charge is 2.21. The molecule has 0 saturated carbocycles. The number of nitrogens with zero attached hydrogens (tertiary/aromatic N) is 2. The van der Waals surface area contributed by atoms with E-state index in [0.29, 0.717) is 23.2 Å². The number of amides is 1. The van der Waals surface area contributed by atoms with E-state index in [1.54, 1.807) is 18.3 Å². The quantitative estimate of drug-likeness (QED) is 0.470. The fourth-order valence-corrected chi connectivity index (χ4v) is 3.87. The Hall–Kier alpha value is -3.38. The molecule has 3 heterocycles. The largest absolute Gasteiger partial charge is 0.361 e. The fourth-order valence-electron chi connectivity index (χ4n) is 3.70. The Bertz CT molecular complexity index is 1230. The number of hydrogen-bond acceptors (Lipinski definition) is 4. The lowest BCUT2D eigenvalue weighted by molar-refractivity contribution is -0.115. The van der Waals surface area contributed by atoms with E-state index >= 15 is 0 Å². The zero-order valence-corrected chi connectivity index (χ0v) is 16.3. The molecule has 144 valence electrons. The minimum Gasteiger partial charge on any atom is -0.361 e. The summed E-state index contributed by atoms with van der Waals surface area (Å²) in [5, 5.41) is 7.99. The molecule has 5 rings (SSSR count). The average Bonchev–Trinajstić information content (AvgIpc) is 3.06. The van der Waals surface area contributed by atoms with Gasteiger partial charge in [-0.05, 0) is 36.2 Å². The van der Waals surface area contributed by atoms with Gasteiger partial charge >= 0.3 is 0 Å². The summed E-state index contributed by atoms with van der Waals surface area (Å²) in [4.78, 5) is 24.6. The van der Waals surface area contributed by atoms with E-state index in [1.807, 2.05) is 24.4 Å². The van der Waals surface area contributed by atoms with E-state index in [-0.39, 0.29) is 12.3 Å². The van der Waals surface area contributed by atoms with Crippen LogP contribution in [0.4, 0.5) is 11.6 Å². The highest BCUT2D eigenvalue weighted by molar-refractivity contribution is 6.31. The molecule has 4 aromatic rings. The Labute approximate surface area is 172 Å². The Morgan fingerprint density at radius 1 is 1.17 bits per heavy atom. The Kier molecular flexibility index (Phi) is 4.41. The van der Waals surface area contributed by atoms with Gasteiger partial charge in [0.1, 0.15) is 0 Å². The van der Waals surface area contributed by atoms with Gasteiger partial charge < -0.3 is 15.6 Å². The lowest BCUT2D eigenvalue weighted by Crippen LogP contribution is -2.13. The minimum atomic E-state index is -0.101. The lowest BCUT2D eigenvalue weighted by atomic mass is 10.1. The number of carbonyl (C=O) groups is 1. The molecular formula is C22H18ClN5O. The molecule has 29 heavy (non-hydrogen) atoms. The molecule has 1 amide bonds. The Morgan fingerprint density at radius 3 is 3.00 bits per heavy atom. The minimum absolute atomic E-state index is 0.101. The number of rotatable bonds is 4. The number of halogens is 1. The van der Waals surface area contributed by atoms with E-state index in [1.165, 1.54) is 10.9 Å². The zero-order valence-electron chi connectivity index (χ0n) is 15.5. The van der Waals surface area contributed by atoms with Crippen molar-refractivity contribution in [3.8, 4) is 11.3 Å². The molecule has 0 aliphatic carbocycles. The van der Waals surface area contributed by atoms with Crippen molar-refractivity contribution in [2.45, 2.75) is 12.8 Å². The second-order valence-corrected chi connectivity index (χ2v) is 7.46. The first-order valence-corrected chi connectivity index (χ1v) is 9.80. The number of hydrogen-bond donors (Lipinski definition) is 3. The normalized spacial score (nSPS) is 12.8. The number of H-pyrrole nitrogens is 1. The SMILES string of the molecule is O=C1Cc2cnc(NCCc3c[nH]c4ccccc34)nc2-c2ccc(Cl)cc2N1. The molecule has 1 aliphatic rings. The smallest absolute Gasteiger partial charge is 0.228 e. The van der Waals surface area contributed by atoms with Crippen LogP contribution in [0.2, 0.25) is 5.02 Å². The molecule has 6 nitrogen and oxygen atoms in total. The maximum absolute atomic E-state index is 12.2. The number of benzene rings is 2. The maximum Gasteiger partial charge on any atom is 0.228 e. The number of para-hydroxylation sites is 1. The van der Waals surface area contributed by atoms with Crippen LogP contribution in [0.25, 0.3) is 22.2 Å². The maximum atomic E-state index is 12.2. The topological polar surface area (TPSA) is 82.7 Å². The Balaban J connectivity index is 1.39. The fraction of sp³-hybridized carbons (Fsp3) is 0.136. The van der Waals surface area contributed by atoms with Crippen molar-refractivity contribution >= 4 is 40.0 Å². The van der Waals surface area contributed by atoms with Crippen molar-refractivity contribution < 1.29 is 4.79 Å². The van der Waals surface area contributed by atoms with Crippen LogP contribution in [0, 0.1) is 0 Å². The summed E-state index contributed by atoms with van der Waals surface area (Å²) in [7, 11) is 0. The van der Waals surface area contributed by atoms with Crippen LogP contribution in [-0.2, 0) is 17.6 Å². The lowest BCUT2D eigenvalue weighted by Gasteiger charge is -2.10. The summed E-state index contributed by atoms with van der Waals surface area (Å²) in [5.41, 5.74) is 5.45. The first-order valence-electron chi connectivity index (χ1n) is 9.42. The second kappa shape index (κ2) is 7.22. The number of aromatic amines is 1. The van der Waals surface area contributed by atoms with Crippen molar-refractivity contribution in [1.29, 1.82) is 0 Å². The van der Waals surface area contributed by atoms with Gasteiger partial charge in [0.05, 0.1) is 17.8 Å². The van der Waals surface area contributed by atoms with Gasteiger partial charge in [0, 0.05) is 46.0 Å². The average molecular weight is 404 g/mol. The van der Waals surface area contributed by atoms with Crippen molar-refractivity contribution in [2.75, 3.05) is 17.2 Å². The van der Waals surface area contributed by atoms with E-state index in [4.69, 9.17) is 16.6 Å². The van der Waals surface area contributed by atoms with Crippen LogP contribution in [0.15, 0.2) is 54.9 Å². The summed E-state index contributed by atoms with van der Waals surface area (Å²) in [5.74, 6) is 0.440. The van der Waals surface area contributed by atoms with Crippen molar-refractivity contribution in [3.63, 3.8) is 0 Å². The van der Waals surface area contributed by atoms with Gasteiger partial charge in [0.25, 0.3) is 0 Å². The first kappa shape index (κ1) is 17.7. The monoisotopic (exact) mass is 403 g/mol. The predicted molar refractivity (Wildman–Crippen MR) is 115 cm³/mol. The van der Waals surface area contributed by atoms with Crippen LogP contribution in [0.3, 0.4) is 0 Å². The van der Waals surface area contributed by atoms with Crippen molar-refractivity contribution in [1.82, 2.24) is 15.0 Å². The van der Waals surface area contributed by atoms with Crippen LogP contribution in [0.1, 0.15) is 11.1 Å². The van der Waals surface area contributed by atoms with Crippen LogP contribution >= 0.6 is 11.6 Å². The third-order valence-corrected chi connectivity index (χ3v) is 5.31. The molecule has 0 atom stereocenters. The van der Waals surface area contributed by atoms with Crippen LogP contribution in [-0.4, -0.2) is 27.4 Å². The third kappa shape index (κ3) is 3.43. The molecule has 0 spiro atoms. The van der Waals surface area contributed by atoms with Crippen molar-refractivity contribution in [2.24, 2.45) is 0 Å². The molecule has 2 aromatic heterocycles. The summed E-state index contributed by atoms with van der Waals surface area (Å²) in [6.45, 7) is 0.700. The number of carbonyl (C=O) groups excluding carboxylic acids is 1. The highest BCUT2D eigenvalue weighted by atomic mass is 35.5. The third-order valence-electron chi connectivity index (χ3n) is 5.08. The molecule has 7 heteroatoms. The molecule has 1 aliphatic heterocycles. The second-order valence-electron chi connectivity index (χ2n) is 7.02. The number of aromatic nitrogens is 3. The predicted octanol–water partition coefficient (Wildman–Crippen LogP) is 4.43. The molecule has 0 unspecified atom stereocenters. The van der Waals surface area contributed by atoms with E-state index in [0.717, 1.165) is 28.8 Å². The van der Waals surface area contributed by atoms with Crippen molar-refractivity contribution in [3.05, 3.63) is 71.0 Å². The van der Waals surface area contributed by atoms with Gasteiger partial charge in [-0.1, -0.05) is 29.8 Å².